The number of aromatic nitrogens is 2. The fraction of sp³-hybridized carbons (Fsp3) is 0.231. The Bertz CT molecular complexity index is 707. The van der Waals surface area contributed by atoms with Crippen LogP contribution >= 0.6 is 0 Å². The molecule has 7 heteroatoms. The van der Waals surface area contributed by atoms with Gasteiger partial charge in [-0.25, -0.2) is 0 Å². The lowest BCUT2D eigenvalue weighted by molar-refractivity contribution is -0.385. The maximum atomic E-state index is 11.8. The quantitative estimate of drug-likeness (QED) is 0.645. The van der Waals surface area contributed by atoms with Crippen LogP contribution in [0.3, 0.4) is 0 Å². The van der Waals surface area contributed by atoms with E-state index in [1.54, 1.807) is 18.2 Å². The third kappa shape index (κ3) is 1.83. The molecule has 1 aromatic heterocycles. The Morgan fingerprint density at radius 1 is 1.40 bits per heavy atom. The zero-order chi connectivity index (χ0) is 14.3. The molecule has 20 heavy (non-hydrogen) atoms. The topological polar surface area (TPSA) is 101 Å². The van der Waals surface area contributed by atoms with Gasteiger partial charge in [0.2, 0.25) is 5.91 Å². The maximum Gasteiger partial charge on any atom is 0.273 e. The molecule has 0 spiro atoms. The Labute approximate surface area is 114 Å². The number of aryl methyl sites for hydroxylation is 1. The number of nitro groups is 1. The van der Waals surface area contributed by atoms with Crippen LogP contribution in [0.25, 0.3) is 0 Å². The molecule has 2 aromatic rings. The molecule has 2 N–H and O–H groups in total. The first-order valence-corrected chi connectivity index (χ1v) is 6.16. The monoisotopic (exact) mass is 272 g/mol. The van der Waals surface area contributed by atoms with Crippen LogP contribution in [0.4, 0.5) is 11.5 Å². The van der Waals surface area contributed by atoms with E-state index in [1.165, 1.54) is 6.07 Å². The number of H-pyrrole nitrogens is 1. The molecule has 0 fully saturated rings. The van der Waals surface area contributed by atoms with E-state index in [-0.39, 0.29) is 23.9 Å². The van der Waals surface area contributed by atoms with E-state index in [0.29, 0.717) is 11.4 Å². The van der Waals surface area contributed by atoms with Gasteiger partial charge in [0, 0.05) is 35.2 Å². The predicted molar refractivity (Wildman–Crippen MR) is 71.5 cm³/mol. The van der Waals surface area contributed by atoms with Crippen LogP contribution in [0.2, 0.25) is 0 Å². The smallest absolute Gasteiger partial charge is 0.273 e. The van der Waals surface area contributed by atoms with E-state index < -0.39 is 4.92 Å². The standard InChI is InChI=1S/C13H12N4O3/c1-7-12-9(6-11(18)14-13(12)16-15-7)8-4-2-3-5-10(8)17(19)20/h2-5,9H,6H2,1H3,(H2,14,15,16,18)/t9-/m0/s1. The minimum atomic E-state index is -0.420. The van der Waals surface area contributed by atoms with Crippen molar-refractivity contribution in [2.75, 3.05) is 5.32 Å². The summed E-state index contributed by atoms with van der Waals surface area (Å²) in [5.74, 6) is -0.0758. The average molecular weight is 272 g/mol. The van der Waals surface area contributed by atoms with Crippen molar-refractivity contribution < 1.29 is 9.72 Å². The Balaban J connectivity index is 2.18. The molecule has 0 bridgehead atoms. The van der Waals surface area contributed by atoms with Crippen LogP contribution in [0.15, 0.2) is 24.3 Å². The van der Waals surface area contributed by atoms with Gasteiger partial charge in [-0.05, 0) is 6.92 Å². The Morgan fingerprint density at radius 2 is 2.15 bits per heavy atom. The lowest BCUT2D eigenvalue weighted by Crippen LogP contribution is -2.23. The van der Waals surface area contributed by atoms with E-state index in [0.717, 1.165) is 11.3 Å². The lowest BCUT2D eigenvalue weighted by Gasteiger charge is -2.22. The summed E-state index contributed by atoms with van der Waals surface area (Å²) < 4.78 is 0. The number of amides is 1. The number of hydrogen-bond donors (Lipinski definition) is 2. The molecule has 0 aliphatic carbocycles. The molecule has 0 radical (unpaired) electrons. The molecule has 3 rings (SSSR count). The first kappa shape index (κ1) is 12.3. The molecule has 102 valence electrons. The van der Waals surface area contributed by atoms with Crippen LogP contribution in [-0.4, -0.2) is 21.0 Å². The van der Waals surface area contributed by atoms with Crippen LogP contribution in [-0.2, 0) is 4.79 Å². The highest BCUT2D eigenvalue weighted by atomic mass is 16.6. The number of para-hydroxylation sites is 1. The molecule has 0 saturated carbocycles. The number of aromatic amines is 1. The maximum absolute atomic E-state index is 11.8. The van der Waals surface area contributed by atoms with E-state index in [1.807, 2.05) is 6.92 Å². The number of nitrogens with one attached hydrogen (secondary N) is 2. The van der Waals surface area contributed by atoms with Crippen molar-refractivity contribution in [3.05, 3.63) is 51.2 Å². The first-order chi connectivity index (χ1) is 9.58. The fourth-order valence-electron chi connectivity index (χ4n) is 2.64. The second-order valence-corrected chi connectivity index (χ2v) is 4.73. The first-order valence-electron chi connectivity index (χ1n) is 6.16. The van der Waals surface area contributed by atoms with Gasteiger partial charge in [-0.15, -0.1) is 0 Å². The van der Waals surface area contributed by atoms with Crippen molar-refractivity contribution in [1.29, 1.82) is 0 Å². The number of rotatable bonds is 2. The Morgan fingerprint density at radius 3 is 2.90 bits per heavy atom. The Kier molecular flexibility index (Phi) is 2.74. The van der Waals surface area contributed by atoms with Crippen LogP contribution in [0.5, 0.6) is 0 Å². The van der Waals surface area contributed by atoms with Crippen LogP contribution < -0.4 is 5.32 Å². The number of hydrogen-bond acceptors (Lipinski definition) is 4. The molecule has 1 atom stereocenters. The summed E-state index contributed by atoms with van der Waals surface area (Å²) in [7, 11) is 0. The van der Waals surface area contributed by atoms with Crippen LogP contribution in [0.1, 0.15) is 29.2 Å². The summed E-state index contributed by atoms with van der Waals surface area (Å²) in [4.78, 5) is 22.5. The summed E-state index contributed by atoms with van der Waals surface area (Å²) >= 11 is 0. The Hall–Kier alpha value is -2.70. The largest absolute Gasteiger partial charge is 0.309 e. The number of carbonyl (C=O) groups is 1. The predicted octanol–water partition coefficient (Wildman–Crippen LogP) is 2.10. The zero-order valence-corrected chi connectivity index (χ0v) is 10.7. The summed E-state index contributed by atoms with van der Waals surface area (Å²) in [6, 6.07) is 6.51. The van der Waals surface area contributed by atoms with E-state index in [9.17, 15) is 14.9 Å². The lowest BCUT2D eigenvalue weighted by atomic mass is 9.85. The van der Waals surface area contributed by atoms with Gasteiger partial charge >= 0.3 is 0 Å². The zero-order valence-electron chi connectivity index (χ0n) is 10.7. The normalized spacial score (nSPS) is 17.4. The molecule has 1 aliphatic heterocycles. The van der Waals surface area contributed by atoms with Crippen molar-refractivity contribution in [1.82, 2.24) is 10.2 Å². The van der Waals surface area contributed by atoms with E-state index in [2.05, 4.69) is 15.5 Å². The summed E-state index contributed by atoms with van der Waals surface area (Å²) in [5.41, 5.74) is 2.19. The van der Waals surface area contributed by atoms with Gasteiger partial charge in [0.25, 0.3) is 5.69 Å². The number of benzene rings is 1. The van der Waals surface area contributed by atoms with Crippen molar-refractivity contribution in [3.63, 3.8) is 0 Å². The molecule has 2 heterocycles. The molecular formula is C13H12N4O3. The van der Waals surface area contributed by atoms with Gasteiger partial charge < -0.3 is 5.32 Å². The van der Waals surface area contributed by atoms with Gasteiger partial charge in [-0.2, -0.15) is 5.10 Å². The summed E-state index contributed by atoms with van der Waals surface area (Å²) in [6.07, 6.45) is 0.179. The number of fused-ring (bicyclic) bond motifs is 1. The minimum absolute atomic E-state index is 0.0266. The van der Waals surface area contributed by atoms with Gasteiger partial charge in [-0.3, -0.25) is 20.0 Å². The SMILES string of the molecule is Cc1[nH]nc2c1[C@H](c1ccccc1[N+](=O)[O-])CC(=O)N2. The average Bonchev–Trinajstić information content (AvgIpc) is 2.79. The summed E-state index contributed by atoms with van der Waals surface area (Å²) in [5, 5.41) is 20.7. The van der Waals surface area contributed by atoms with Crippen molar-refractivity contribution in [2.45, 2.75) is 19.3 Å². The van der Waals surface area contributed by atoms with Gasteiger partial charge in [0.1, 0.15) is 0 Å². The van der Waals surface area contributed by atoms with Crippen LogP contribution in [0, 0.1) is 17.0 Å². The number of nitrogens with zero attached hydrogens (tertiary/aromatic N) is 2. The van der Waals surface area contributed by atoms with Gasteiger partial charge in [0.05, 0.1) is 4.92 Å². The van der Waals surface area contributed by atoms with Crippen molar-refractivity contribution in [2.24, 2.45) is 0 Å². The third-order valence-electron chi connectivity index (χ3n) is 3.50. The van der Waals surface area contributed by atoms with E-state index >= 15 is 0 Å². The molecule has 1 aliphatic rings. The molecule has 1 aromatic carbocycles. The third-order valence-corrected chi connectivity index (χ3v) is 3.50. The van der Waals surface area contributed by atoms with Crippen molar-refractivity contribution >= 4 is 17.4 Å². The highest BCUT2D eigenvalue weighted by molar-refractivity contribution is 5.94. The number of nitro benzene ring substituents is 1. The molecule has 0 unspecified atom stereocenters. The second kappa shape index (κ2) is 4.44. The van der Waals surface area contributed by atoms with Crippen molar-refractivity contribution in [3.8, 4) is 0 Å². The highest BCUT2D eigenvalue weighted by Gasteiger charge is 2.33. The molecule has 0 saturated heterocycles. The van der Waals surface area contributed by atoms with Gasteiger partial charge in [0.15, 0.2) is 5.82 Å². The fourth-order valence-corrected chi connectivity index (χ4v) is 2.64. The van der Waals surface area contributed by atoms with Gasteiger partial charge in [-0.1, -0.05) is 18.2 Å². The molecular weight excluding hydrogens is 260 g/mol. The molecule has 7 nitrogen and oxygen atoms in total. The highest BCUT2D eigenvalue weighted by Crippen LogP contribution is 2.40. The number of anilines is 1. The second-order valence-electron chi connectivity index (χ2n) is 4.73. The van der Waals surface area contributed by atoms with E-state index in [4.69, 9.17) is 0 Å². The number of carbonyl (C=O) groups excluding carboxylic acids is 1. The minimum Gasteiger partial charge on any atom is -0.309 e. The molecule has 1 amide bonds. The summed E-state index contributed by atoms with van der Waals surface area (Å²) in [6.45, 7) is 1.84.